The molecule has 0 aromatic heterocycles. The van der Waals surface area contributed by atoms with Crippen molar-refractivity contribution < 1.29 is 18.7 Å². The van der Waals surface area contributed by atoms with Gasteiger partial charge in [-0.25, -0.2) is 9.59 Å². The Hall–Kier alpha value is -0.930. The summed E-state index contributed by atoms with van der Waals surface area (Å²) in [4.78, 5) is 19.2. The second-order valence-electron chi connectivity index (χ2n) is 0.994. The summed E-state index contributed by atoms with van der Waals surface area (Å²) < 4.78 is 15.1. The van der Waals surface area contributed by atoms with Gasteiger partial charge in [-0.1, -0.05) is 0 Å². The van der Waals surface area contributed by atoms with Gasteiger partial charge in [0.25, 0.3) is 0 Å². The lowest BCUT2D eigenvalue weighted by Crippen LogP contribution is -2.11. The SMILES string of the molecule is CCOC(=O)C(=O)F. The van der Waals surface area contributed by atoms with Crippen molar-refractivity contribution in [3.05, 3.63) is 0 Å². The highest BCUT2D eigenvalue weighted by atomic mass is 19.1. The van der Waals surface area contributed by atoms with Gasteiger partial charge in [0.2, 0.25) is 0 Å². The molecule has 0 saturated heterocycles. The predicted molar refractivity (Wildman–Crippen MR) is 22.7 cm³/mol. The van der Waals surface area contributed by atoms with Crippen LogP contribution in [0.4, 0.5) is 4.39 Å². The molecule has 0 aromatic rings. The maximum absolute atomic E-state index is 11.2. The number of carbonyl (C=O) groups is 2. The van der Waals surface area contributed by atoms with Gasteiger partial charge in [0.05, 0.1) is 6.61 Å². The molecule has 0 atom stereocenters. The molecule has 0 rings (SSSR count). The highest BCUT2D eigenvalue weighted by Gasteiger charge is 2.11. The van der Waals surface area contributed by atoms with Crippen LogP contribution in [0, 0.1) is 0 Å². The summed E-state index contributed by atoms with van der Waals surface area (Å²) in [6.07, 6.45) is 0. The summed E-state index contributed by atoms with van der Waals surface area (Å²) in [5, 5.41) is 0. The molecule has 0 radical (unpaired) electrons. The third-order valence-electron chi connectivity index (χ3n) is 0.436. The van der Waals surface area contributed by atoms with Crippen LogP contribution in [-0.4, -0.2) is 18.6 Å². The smallest absolute Gasteiger partial charge is 0.409 e. The first kappa shape index (κ1) is 7.07. The molecular weight excluding hydrogens is 115 g/mol. The Bertz CT molecular complexity index is 110. The van der Waals surface area contributed by atoms with Crippen molar-refractivity contribution >= 4 is 12.0 Å². The average Bonchev–Trinajstić information content (AvgIpc) is 1.67. The number of hydrogen-bond donors (Lipinski definition) is 0. The standard InChI is InChI=1S/C4H5FO3/c1-2-8-4(7)3(5)6/h2H2,1H3. The summed E-state index contributed by atoms with van der Waals surface area (Å²) in [5.41, 5.74) is 0. The molecule has 0 aliphatic rings. The lowest BCUT2D eigenvalue weighted by molar-refractivity contribution is -0.159. The first-order valence-electron chi connectivity index (χ1n) is 2.05. The van der Waals surface area contributed by atoms with Crippen molar-refractivity contribution in [2.24, 2.45) is 0 Å². The molecule has 0 unspecified atom stereocenters. The zero-order valence-corrected chi connectivity index (χ0v) is 4.31. The Morgan fingerprint density at radius 3 is 2.25 bits per heavy atom. The van der Waals surface area contributed by atoms with Gasteiger partial charge in [-0.15, -0.1) is 0 Å². The van der Waals surface area contributed by atoms with Gasteiger partial charge < -0.3 is 4.74 Å². The Morgan fingerprint density at radius 2 is 2.12 bits per heavy atom. The summed E-state index contributed by atoms with van der Waals surface area (Å²) in [6, 6.07) is -2.05. The van der Waals surface area contributed by atoms with E-state index < -0.39 is 12.0 Å². The molecular formula is C4H5FO3. The topological polar surface area (TPSA) is 43.4 Å². The van der Waals surface area contributed by atoms with Gasteiger partial charge in [-0.3, -0.25) is 0 Å². The number of esters is 1. The van der Waals surface area contributed by atoms with E-state index in [2.05, 4.69) is 4.74 Å². The lowest BCUT2D eigenvalue weighted by Gasteiger charge is -1.90. The van der Waals surface area contributed by atoms with Crippen LogP contribution in [-0.2, 0) is 14.3 Å². The average molecular weight is 120 g/mol. The number of halogens is 1. The van der Waals surface area contributed by atoms with Gasteiger partial charge in [0, 0.05) is 0 Å². The minimum atomic E-state index is -2.05. The molecule has 3 nitrogen and oxygen atoms in total. The Balaban J connectivity index is 3.49. The molecule has 0 aromatic carbocycles. The largest absolute Gasteiger partial charge is 0.458 e. The molecule has 4 heteroatoms. The second kappa shape index (κ2) is 3.12. The molecule has 0 amide bonds. The van der Waals surface area contributed by atoms with E-state index in [1.54, 1.807) is 0 Å². The quantitative estimate of drug-likeness (QED) is 0.293. The van der Waals surface area contributed by atoms with E-state index in [0.717, 1.165) is 0 Å². The number of carbonyl (C=O) groups excluding carboxylic acids is 2. The molecule has 0 fully saturated rings. The van der Waals surface area contributed by atoms with Crippen molar-refractivity contribution in [3.63, 3.8) is 0 Å². The lowest BCUT2D eigenvalue weighted by atomic mass is 10.7. The third-order valence-corrected chi connectivity index (χ3v) is 0.436. The zero-order chi connectivity index (χ0) is 6.57. The fourth-order valence-electron chi connectivity index (χ4n) is 0.188. The Morgan fingerprint density at radius 1 is 1.62 bits per heavy atom. The minimum Gasteiger partial charge on any atom is -0.458 e. The number of ether oxygens (including phenoxy) is 1. The van der Waals surface area contributed by atoms with Gasteiger partial charge >= 0.3 is 12.0 Å². The van der Waals surface area contributed by atoms with Crippen LogP contribution in [0.25, 0.3) is 0 Å². The first-order valence-corrected chi connectivity index (χ1v) is 2.05. The van der Waals surface area contributed by atoms with E-state index in [4.69, 9.17) is 0 Å². The molecule has 0 N–H and O–H groups in total. The van der Waals surface area contributed by atoms with Gasteiger partial charge in [0.1, 0.15) is 0 Å². The van der Waals surface area contributed by atoms with Crippen LogP contribution in [0.3, 0.4) is 0 Å². The zero-order valence-electron chi connectivity index (χ0n) is 4.31. The number of rotatable bonds is 2. The summed E-state index contributed by atoms with van der Waals surface area (Å²) in [6.45, 7) is 1.51. The van der Waals surface area contributed by atoms with E-state index in [-0.39, 0.29) is 6.61 Å². The van der Waals surface area contributed by atoms with Crippen molar-refractivity contribution in [1.29, 1.82) is 0 Å². The third kappa shape index (κ3) is 2.28. The van der Waals surface area contributed by atoms with Crippen molar-refractivity contribution in [3.8, 4) is 0 Å². The van der Waals surface area contributed by atoms with E-state index in [1.165, 1.54) is 6.92 Å². The van der Waals surface area contributed by atoms with Crippen LogP contribution in [0.5, 0.6) is 0 Å². The van der Waals surface area contributed by atoms with Gasteiger partial charge in [0.15, 0.2) is 0 Å². The van der Waals surface area contributed by atoms with Gasteiger partial charge in [-0.05, 0) is 6.92 Å². The molecule has 8 heavy (non-hydrogen) atoms. The van der Waals surface area contributed by atoms with E-state index in [9.17, 15) is 14.0 Å². The first-order chi connectivity index (χ1) is 3.68. The van der Waals surface area contributed by atoms with Crippen LogP contribution in [0.2, 0.25) is 0 Å². The van der Waals surface area contributed by atoms with Crippen LogP contribution in [0.1, 0.15) is 6.92 Å². The Labute approximate surface area is 45.4 Å². The second-order valence-corrected chi connectivity index (χ2v) is 0.994. The maximum atomic E-state index is 11.2. The van der Waals surface area contributed by atoms with E-state index in [0.29, 0.717) is 0 Å². The summed E-state index contributed by atoms with van der Waals surface area (Å²) in [7, 11) is 0. The molecule has 0 saturated carbocycles. The minimum absolute atomic E-state index is 0.0223. The van der Waals surface area contributed by atoms with E-state index in [1.807, 2.05) is 0 Å². The van der Waals surface area contributed by atoms with Crippen LogP contribution in [0.15, 0.2) is 0 Å². The molecule has 0 bridgehead atoms. The molecule has 0 heterocycles. The molecule has 0 aliphatic carbocycles. The normalized spacial score (nSPS) is 8.25. The highest BCUT2D eigenvalue weighted by Crippen LogP contribution is 1.79. The van der Waals surface area contributed by atoms with E-state index >= 15 is 0 Å². The van der Waals surface area contributed by atoms with Crippen LogP contribution < -0.4 is 0 Å². The summed E-state index contributed by atoms with van der Waals surface area (Å²) >= 11 is 0. The fraction of sp³-hybridized carbons (Fsp3) is 0.500. The fourth-order valence-corrected chi connectivity index (χ4v) is 0.188. The monoisotopic (exact) mass is 120 g/mol. The van der Waals surface area contributed by atoms with Crippen molar-refractivity contribution in [2.75, 3.05) is 6.61 Å². The number of hydrogen-bond acceptors (Lipinski definition) is 3. The molecule has 0 aliphatic heterocycles. The molecule has 46 valence electrons. The Kier molecular flexibility index (Phi) is 2.76. The molecule has 0 spiro atoms. The van der Waals surface area contributed by atoms with Crippen LogP contribution >= 0.6 is 0 Å². The van der Waals surface area contributed by atoms with Crippen molar-refractivity contribution in [1.82, 2.24) is 0 Å². The van der Waals surface area contributed by atoms with Crippen molar-refractivity contribution in [2.45, 2.75) is 6.92 Å². The van der Waals surface area contributed by atoms with Gasteiger partial charge in [-0.2, -0.15) is 4.39 Å². The summed E-state index contributed by atoms with van der Waals surface area (Å²) in [5.74, 6) is -1.42. The highest BCUT2D eigenvalue weighted by molar-refractivity contribution is 6.29. The predicted octanol–water partition coefficient (Wildman–Crippen LogP) is 0.0456. The maximum Gasteiger partial charge on any atom is 0.409 e.